The second-order valence-electron chi connectivity index (χ2n) is 0.754. The molecule has 0 aromatic rings. The molecule has 0 fully saturated rings. The first-order valence-corrected chi connectivity index (χ1v) is 6.21. The molecule has 0 atom stereocenters. The van der Waals surface area contributed by atoms with Crippen molar-refractivity contribution in [3.63, 3.8) is 0 Å². The van der Waals surface area contributed by atoms with Gasteiger partial charge in [0.15, 0.2) is 0 Å². The Labute approximate surface area is 50.0 Å². The monoisotopic (exact) mass is 213 g/mol. The van der Waals surface area contributed by atoms with Gasteiger partial charge in [0.1, 0.15) is 0 Å². The number of rotatable bonds is 0. The van der Waals surface area contributed by atoms with Crippen LogP contribution >= 0.6 is 29.0 Å². The average Bonchev–Trinajstić information content (AvgIpc) is 1.72. The van der Waals surface area contributed by atoms with Crippen LogP contribution in [0.25, 0.3) is 0 Å². The maximum atomic E-state index is 4.06. The van der Waals surface area contributed by atoms with Gasteiger partial charge in [-0.25, -0.2) is 0 Å². The summed E-state index contributed by atoms with van der Waals surface area (Å²) in [6.45, 7) is 0. The van der Waals surface area contributed by atoms with Crippen molar-refractivity contribution in [2.24, 2.45) is 3.21 Å². The van der Waals surface area contributed by atoms with Crippen LogP contribution in [0.2, 0.25) is 0 Å². The summed E-state index contributed by atoms with van der Waals surface area (Å²) in [5.74, 6) is 0. The van der Waals surface area contributed by atoms with Crippen molar-refractivity contribution in [1.82, 2.24) is 0 Å². The van der Waals surface area contributed by atoms with Crippen LogP contribution in [0.15, 0.2) is 14.7 Å². The Morgan fingerprint density at radius 3 is 2.83 bits per heavy atom. The van der Waals surface area contributed by atoms with E-state index in [4.69, 9.17) is 0 Å². The molecule has 0 aliphatic carbocycles. The third kappa shape index (κ3) is 1.30. The van der Waals surface area contributed by atoms with E-state index in [1.165, 1.54) is 0 Å². The number of nitrogens with zero attached hydrogens (tertiary/aromatic N) is 1. The van der Waals surface area contributed by atoms with Crippen molar-refractivity contribution in [3.05, 3.63) is 11.5 Å². The van der Waals surface area contributed by atoms with E-state index in [0.29, 0.717) is 0 Å². The third-order valence-electron chi connectivity index (χ3n) is 0.367. The minimum absolute atomic E-state index is 0.0288. The maximum absolute atomic E-state index is 4.06. The van der Waals surface area contributed by atoms with E-state index in [0.717, 1.165) is 0 Å². The average molecular weight is 213 g/mol. The summed E-state index contributed by atoms with van der Waals surface area (Å²) in [5, 5.41) is 2.09. The molecule has 0 amide bonds. The van der Waals surface area contributed by atoms with Gasteiger partial charge in [-0.2, -0.15) is 0 Å². The molecule has 34 valence electrons. The first-order chi connectivity index (χ1) is 3.00. The molecule has 6 heavy (non-hydrogen) atoms. The van der Waals surface area contributed by atoms with Crippen LogP contribution in [0.4, 0.5) is 0 Å². The van der Waals surface area contributed by atoms with Crippen LogP contribution < -0.4 is 0 Å². The second kappa shape index (κ2) is 2.63. The zero-order chi connectivity index (χ0) is 4.24. The second-order valence-corrected chi connectivity index (χ2v) is 4.89. The quantitative estimate of drug-likeness (QED) is 0.559. The molecule has 0 spiro atoms. The van der Waals surface area contributed by atoms with E-state index in [1.54, 1.807) is 0 Å². The number of hydrogen-bond acceptors (Lipinski definition) is 2. The van der Waals surface area contributed by atoms with Crippen LogP contribution in [-0.2, 0) is 0 Å². The Morgan fingerprint density at radius 1 is 1.67 bits per heavy atom. The Bertz CT molecular complexity index is 76.8. The molecule has 1 nitrogen and oxygen atoms in total. The van der Waals surface area contributed by atoms with E-state index in [1.807, 2.05) is 21.2 Å². The fourth-order valence-electron chi connectivity index (χ4n) is 0.177. The Kier molecular flexibility index (Phi) is 2.03. The fraction of sp³-hybridized carbons (Fsp3) is 0. The van der Waals surface area contributed by atoms with Gasteiger partial charge in [0.2, 0.25) is 0 Å². The summed E-state index contributed by atoms with van der Waals surface area (Å²) in [6, 6.07) is 0. The predicted molar refractivity (Wildman–Crippen MR) is 40.6 cm³/mol. The van der Waals surface area contributed by atoms with Crippen molar-refractivity contribution in [2.75, 3.05) is 0 Å². The van der Waals surface area contributed by atoms with Crippen LogP contribution in [0, 0.1) is 0 Å². The third-order valence-corrected chi connectivity index (χ3v) is 3.58. The van der Waals surface area contributed by atoms with E-state index in [-0.39, 0.29) is 20.1 Å². The molecule has 0 saturated heterocycles. The molecule has 0 aromatic carbocycles. The van der Waals surface area contributed by atoms with E-state index in [9.17, 15) is 0 Å². The summed E-state index contributed by atoms with van der Waals surface area (Å²) in [5.41, 5.74) is 0. The Hall–Kier alpha value is 0.490. The molecule has 0 saturated carbocycles. The molecular weight excluding hydrogens is 209 g/mol. The molecule has 0 N–H and O–H groups in total. The van der Waals surface area contributed by atoms with Crippen LogP contribution in [0.3, 0.4) is 0 Å². The summed E-state index contributed by atoms with van der Waals surface area (Å²) in [6.07, 6.45) is 3.84. The number of allylic oxidation sites excluding steroid dienone is 1. The topological polar surface area (TPSA) is 12.4 Å². The normalized spacial score (nSPS) is 20.0. The first kappa shape index (κ1) is 4.64. The zero-order valence-corrected chi connectivity index (χ0v) is 6.14. The number of hydrogen-bond donors (Lipinski definition) is 0. The standard InChI is InChI=1S/C3H4INS/c1-2-5-4-6-3-1/h1-4H. The molecular formula is C3H4INS. The molecule has 0 aromatic heterocycles. The van der Waals surface area contributed by atoms with Crippen LogP contribution in [0.1, 0.15) is 0 Å². The summed E-state index contributed by atoms with van der Waals surface area (Å²) in [7, 11) is 1.85. The minimum atomic E-state index is -0.0288. The van der Waals surface area contributed by atoms with Crippen LogP contribution in [0.5, 0.6) is 0 Å². The van der Waals surface area contributed by atoms with Crippen molar-refractivity contribution in [1.29, 1.82) is 0 Å². The van der Waals surface area contributed by atoms with Gasteiger partial charge >= 0.3 is 49.9 Å². The van der Waals surface area contributed by atoms with Crippen molar-refractivity contribution in [3.8, 4) is 0 Å². The zero-order valence-electron chi connectivity index (χ0n) is 3.00. The van der Waals surface area contributed by atoms with Gasteiger partial charge in [-0.15, -0.1) is 0 Å². The van der Waals surface area contributed by atoms with E-state index < -0.39 is 0 Å². The van der Waals surface area contributed by atoms with Crippen molar-refractivity contribution >= 4 is 35.2 Å². The van der Waals surface area contributed by atoms with Gasteiger partial charge in [0.25, 0.3) is 0 Å². The van der Waals surface area contributed by atoms with E-state index in [2.05, 4.69) is 8.61 Å². The molecule has 1 rings (SSSR count). The van der Waals surface area contributed by atoms with Gasteiger partial charge in [0.05, 0.1) is 0 Å². The summed E-state index contributed by atoms with van der Waals surface area (Å²) >= 11 is -0.0288. The van der Waals surface area contributed by atoms with Crippen molar-refractivity contribution < 1.29 is 0 Å². The van der Waals surface area contributed by atoms with E-state index >= 15 is 0 Å². The Morgan fingerprint density at radius 2 is 2.67 bits per heavy atom. The summed E-state index contributed by atoms with van der Waals surface area (Å²) in [4.78, 5) is 0. The summed E-state index contributed by atoms with van der Waals surface area (Å²) < 4.78 is 4.06. The molecule has 3 heteroatoms. The fourth-order valence-corrected chi connectivity index (χ4v) is 2.49. The van der Waals surface area contributed by atoms with Crippen molar-refractivity contribution in [2.45, 2.75) is 0 Å². The Balaban J connectivity index is 2.46. The predicted octanol–water partition coefficient (Wildman–Crippen LogP) is 1.85. The van der Waals surface area contributed by atoms with Gasteiger partial charge in [-0.1, -0.05) is 0 Å². The molecule has 0 unspecified atom stereocenters. The van der Waals surface area contributed by atoms with Gasteiger partial charge < -0.3 is 0 Å². The SMILES string of the molecule is C1=CS[IH]N=C1. The first-order valence-electron chi connectivity index (χ1n) is 1.51. The molecule has 0 radical (unpaired) electrons. The van der Waals surface area contributed by atoms with Gasteiger partial charge in [-0.05, 0) is 0 Å². The molecule has 1 aliphatic rings. The van der Waals surface area contributed by atoms with Crippen LogP contribution in [-0.4, -0.2) is 6.21 Å². The van der Waals surface area contributed by atoms with Gasteiger partial charge in [-0.3, -0.25) is 0 Å². The molecule has 0 bridgehead atoms. The number of halogens is 1. The molecule has 1 aliphatic heterocycles. The molecule has 1 heterocycles. The van der Waals surface area contributed by atoms with Gasteiger partial charge in [0, 0.05) is 0 Å².